The highest BCUT2D eigenvalue weighted by Crippen LogP contribution is 2.21. The van der Waals surface area contributed by atoms with Gasteiger partial charge < -0.3 is 10.1 Å². The molecular weight excluding hydrogens is 340 g/mol. The first-order valence-electron chi connectivity index (χ1n) is 7.81. The van der Waals surface area contributed by atoms with Crippen molar-refractivity contribution in [2.24, 2.45) is 0 Å². The summed E-state index contributed by atoms with van der Waals surface area (Å²) in [5.74, 6) is -0.346. The first kappa shape index (κ1) is 19.0. The number of carbonyl (C=O) groups is 1. The van der Waals surface area contributed by atoms with Crippen molar-refractivity contribution in [3.8, 4) is 0 Å². The van der Waals surface area contributed by atoms with Gasteiger partial charge in [-0.25, -0.2) is 8.42 Å². The fourth-order valence-electron chi connectivity index (χ4n) is 2.22. The van der Waals surface area contributed by atoms with Crippen molar-refractivity contribution in [2.75, 3.05) is 25.0 Å². The lowest BCUT2D eigenvalue weighted by atomic mass is 10.1. The SMILES string of the molecule is COCCNC(=O)c1cccc(S(=O)(=O)Nc2cc(C)ccc2C)c1. The molecule has 25 heavy (non-hydrogen) atoms. The summed E-state index contributed by atoms with van der Waals surface area (Å²) >= 11 is 0. The second-order valence-electron chi connectivity index (χ2n) is 5.70. The standard InChI is InChI=1S/C18H22N2O4S/c1-13-7-8-14(2)17(11-13)20-25(22,23)16-6-4-5-15(12-16)18(21)19-9-10-24-3/h4-8,11-12,20H,9-10H2,1-3H3,(H,19,21). The van der Waals surface area contributed by atoms with E-state index in [4.69, 9.17) is 4.74 Å². The van der Waals surface area contributed by atoms with Crippen LogP contribution in [0.2, 0.25) is 0 Å². The number of sulfonamides is 1. The van der Waals surface area contributed by atoms with E-state index in [2.05, 4.69) is 10.0 Å². The zero-order valence-electron chi connectivity index (χ0n) is 14.5. The van der Waals surface area contributed by atoms with Crippen LogP contribution in [0.15, 0.2) is 47.4 Å². The van der Waals surface area contributed by atoms with E-state index in [1.165, 1.54) is 19.2 Å². The number of anilines is 1. The first-order valence-corrected chi connectivity index (χ1v) is 9.29. The average molecular weight is 362 g/mol. The summed E-state index contributed by atoms with van der Waals surface area (Å²) in [5.41, 5.74) is 2.58. The van der Waals surface area contributed by atoms with Crippen LogP contribution in [0.4, 0.5) is 5.69 Å². The van der Waals surface area contributed by atoms with Gasteiger partial charge >= 0.3 is 0 Å². The molecule has 2 aromatic rings. The van der Waals surface area contributed by atoms with E-state index < -0.39 is 10.0 Å². The molecule has 7 heteroatoms. The van der Waals surface area contributed by atoms with Gasteiger partial charge in [-0.1, -0.05) is 18.2 Å². The maximum Gasteiger partial charge on any atom is 0.261 e. The Labute approximate surface area is 148 Å². The van der Waals surface area contributed by atoms with Crippen LogP contribution in [0.3, 0.4) is 0 Å². The van der Waals surface area contributed by atoms with Crippen LogP contribution in [0.25, 0.3) is 0 Å². The number of nitrogens with one attached hydrogen (secondary N) is 2. The Balaban J connectivity index is 2.23. The molecule has 2 N–H and O–H groups in total. The highest BCUT2D eigenvalue weighted by atomic mass is 32.2. The minimum atomic E-state index is -3.79. The van der Waals surface area contributed by atoms with E-state index in [1.807, 2.05) is 26.0 Å². The third-order valence-corrected chi connectivity index (χ3v) is 5.00. The Morgan fingerprint density at radius 2 is 1.88 bits per heavy atom. The van der Waals surface area contributed by atoms with Crippen LogP contribution in [0.5, 0.6) is 0 Å². The monoisotopic (exact) mass is 362 g/mol. The Kier molecular flexibility index (Phi) is 6.17. The zero-order chi connectivity index (χ0) is 18.4. The van der Waals surface area contributed by atoms with Crippen LogP contribution < -0.4 is 10.0 Å². The highest BCUT2D eigenvalue weighted by molar-refractivity contribution is 7.92. The third kappa shape index (κ3) is 5.04. The van der Waals surface area contributed by atoms with E-state index in [-0.39, 0.29) is 16.4 Å². The fourth-order valence-corrected chi connectivity index (χ4v) is 3.39. The molecule has 1 amide bonds. The van der Waals surface area contributed by atoms with Crippen LogP contribution in [-0.4, -0.2) is 34.6 Å². The lowest BCUT2D eigenvalue weighted by molar-refractivity contribution is 0.0937. The summed E-state index contributed by atoms with van der Waals surface area (Å²) in [6, 6.07) is 11.5. The summed E-state index contributed by atoms with van der Waals surface area (Å²) in [7, 11) is -2.25. The van der Waals surface area contributed by atoms with E-state index in [1.54, 1.807) is 18.2 Å². The van der Waals surface area contributed by atoms with Crippen LogP contribution in [-0.2, 0) is 14.8 Å². The second kappa shape index (κ2) is 8.13. The van der Waals surface area contributed by atoms with Gasteiger partial charge in [0.15, 0.2) is 0 Å². The van der Waals surface area contributed by atoms with Crippen molar-refractivity contribution in [3.63, 3.8) is 0 Å². The van der Waals surface area contributed by atoms with Crippen LogP contribution >= 0.6 is 0 Å². The van der Waals surface area contributed by atoms with E-state index in [0.717, 1.165) is 11.1 Å². The van der Waals surface area contributed by atoms with E-state index in [0.29, 0.717) is 18.8 Å². The zero-order valence-corrected chi connectivity index (χ0v) is 15.3. The summed E-state index contributed by atoms with van der Waals surface area (Å²) < 4.78 is 32.7. The Hall–Kier alpha value is -2.38. The number of amides is 1. The predicted octanol–water partition coefficient (Wildman–Crippen LogP) is 2.48. The maximum absolute atomic E-state index is 12.6. The summed E-state index contributed by atoms with van der Waals surface area (Å²) in [6.45, 7) is 4.46. The molecule has 6 nitrogen and oxygen atoms in total. The molecule has 0 spiro atoms. The van der Waals surface area contributed by atoms with Gasteiger partial charge in [0.1, 0.15) is 0 Å². The van der Waals surface area contributed by atoms with Crippen molar-refractivity contribution in [1.82, 2.24) is 5.32 Å². The maximum atomic E-state index is 12.6. The molecule has 0 aliphatic rings. The largest absolute Gasteiger partial charge is 0.383 e. The molecule has 0 saturated carbocycles. The van der Waals surface area contributed by atoms with Crippen molar-refractivity contribution in [2.45, 2.75) is 18.7 Å². The van der Waals surface area contributed by atoms with Gasteiger partial charge in [-0.2, -0.15) is 0 Å². The number of hydrogen-bond donors (Lipinski definition) is 2. The molecule has 2 aromatic carbocycles. The molecule has 0 saturated heterocycles. The normalized spacial score (nSPS) is 11.2. The number of aryl methyl sites for hydroxylation is 2. The van der Waals surface area contributed by atoms with Crippen molar-refractivity contribution in [3.05, 3.63) is 59.2 Å². The van der Waals surface area contributed by atoms with Gasteiger partial charge in [-0.15, -0.1) is 0 Å². The quantitative estimate of drug-likeness (QED) is 0.741. The predicted molar refractivity (Wildman–Crippen MR) is 97.4 cm³/mol. The average Bonchev–Trinajstić information content (AvgIpc) is 2.58. The highest BCUT2D eigenvalue weighted by Gasteiger charge is 2.17. The number of hydrogen-bond acceptors (Lipinski definition) is 4. The molecule has 0 aliphatic carbocycles. The number of carbonyl (C=O) groups excluding carboxylic acids is 1. The molecular formula is C18H22N2O4S. The van der Waals surface area contributed by atoms with Crippen LogP contribution in [0, 0.1) is 13.8 Å². The number of rotatable bonds is 7. The summed E-state index contributed by atoms with van der Waals surface area (Å²) in [5, 5.41) is 2.67. The minimum Gasteiger partial charge on any atom is -0.383 e. The van der Waals surface area contributed by atoms with Gasteiger partial charge in [-0.05, 0) is 49.2 Å². The number of benzene rings is 2. The van der Waals surface area contributed by atoms with Crippen molar-refractivity contribution in [1.29, 1.82) is 0 Å². The van der Waals surface area contributed by atoms with Crippen LogP contribution in [0.1, 0.15) is 21.5 Å². The third-order valence-electron chi connectivity index (χ3n) is 3.64. The molecule has 0 heterocycles. The molecule has 0 bridgehead atoms. The lowest BCUT2D eigenvalue weighted by Crippen LogP contribution is -2.27. The lowest BCUT2D eigenvalue weighted by Gasteiger charge is -2.12. The van der Waals surface area contributed by atoms with Crippen molar-refractivity contribution < 1.29 is 17.9 Å². The molecule has 0 radical (unpaired) electrons. The molecule has 2 rings (SSSR count). The molecule has 0 aromatic heterocycles. The van der Waals surface area contributed by atoms with Gasteiger partial charge in [0.25, 0.3) is 15.9 Å². The van der Waals surface area contributed by atoms with Gasteiger partial charge in [0.05, 0.1) is 17.2 Å². The molecule has 0 aliphatic heterocycles. The van der Waals surface area contributed by atoms with Gasteiger partial charge in [-0.3, -0.25) is 9.52 Å². The van der Waals surface area contributed by atoms with E-state index >= 15 is 0 Å². The number of ether oxygens (including phenoxy) is 1. The minimum absolute atomic E-state index is 0.0350. The first-order chi connectivity index (χ1) is 11.8. The molecule has 0 atom stereocenters. The Morgan fingerprint density at radius 1 is 1.12 bits per heavy atom. The molecule has 0 fully saturated rings. The molecule has 0 unspecified atom stereocenters. The van der Waals surface area contributed by atoms with Gasteiger partial charge in [0.2, 0.25) is 0 Å². The molecule has 134 valence electrons. The Bertz CT molecular complexity index is 863. The summed E-state index contributed by atoms with van der Waals surface area (Å²) in [6.07, 6.45) is 0. The van der Waals surface area contributed by atoms with E-state index in [9.17, 15) is 13.2 Å². The Morgan fingerprint density at radius 3 is 2.60 bits per heavy atom. The van der Waals surface area contributed by atoms with Gasteiger partial charge in [0, 0.05) is 19.2 Å². The topological polar surface area (TPSA) is 84.5 Å². The summed E-state index contributed by atoms with van der Waals surface area (Å²) in [4.78, 5) is 12.1. The second-order valence-corrected chi connectivity index (χ2v) is 7.38. The smallest absolute Gasteiger partial charge is 0.261 e. The van der Waals surface area contributed by atoms with Crippen molar-refractivity contribution >= 4 is 21.6 Å². The number of methoxy groups -OCH3 is 1. The fraction of sp³-hybridized carbons (Fsp3) is 0.278.